The monoisotopic (exact) mass is 628 g/mol. The van der Waals surface area contributed by atoms with Gasteiger partial charge >= 0.3 is 0 Å². The molecule has 2 heteroatoms. The fraction of sp³-hybridized carbons (Fsp3) is 0.0638. The summed E-state index contributed by atoms with van der Waals surface area (Å²) in [7, 11) is 0. The van der Waals surface area contributed by atoms with E-state index in [9.17, 15) is 0 Å². The van der Waals surface area contributed by atoms with Gasteiger partial charge in [0, 0.05) is 33.6 Å². The quantitative estimate of drug-likeness (QED) is 0.169. The van der Waals surface area contributed by atoms with Gasteiger partial charge in [-0.2, -0.15) is 0 Å². The zero-order valence-corrected chi connectivity index (χ0v) is 27.7. The lowest BCUT2D eigenvalue weighted by atomic mass is 9.80. The number of benzene rings is 8. The molecule has 1 aliphatic carbocycles. The Labute approximate surface area is 288 Å². The molecular formula is C47H36N2. The Morgan fingerprint density at radius 1 is 0.408 bits per heavy atom. The lowest BCUT2D eigenvalue weighted by Crippen LogP contribution is -2.21. The van der Waals surface area contributed by atoms with Crippen LogP contribution in [0.25, 0.3) is 32.7 Å². The number of nitrogens with zero attached hydrogens (tertiary/aromatic N) is 2. The average Bonchev–Trinajstić information content (AvgIpc) is 3.40. The molecule has 9 rings (SSSR count). The van der Waals surface area contributed by atoms with E-state index >= 15 is 0 Å². The summed E-state index contributed by atoms with van der Waals surface area (Å²) in [5.74, 6) is 0. The molecule has 0 bridgehead atoms. The van der Waals surface area contributed by atoms with Gasteiger partial charge < -0.3 is 9.80 Å². The summed E-state index contributed by atoms with van der Waals surface area (Å²) in [5.41, 5.74) is 11.9. The van der Waals surface area contributed by atoms with Gasteiger partial charge in [-0.3, -0.25) is 0 Å². The molecule has 49 heavy (non-hydrogen) atoms. The first-order chi connectivity index (χ1) is 24.1. The summed E-state index contributed by atoms with van der Waals surface area (Å²) in [6, 6.07) is 66.0. The molecule has 0 saturated carbocycles. The predicted molar refractivity (Wildman–Crippen MR) is 208 cm³/mol. The smallest absolute Gasteiger partial charge is 0.0547 e. The minimum absolute atomic E-state index is 0.243. The second-order valence-electron chi connectivity index (χ2n) is 13.4. The van der Waals surface area contributed by atoms with E-state index in [4.69, 9.17) is 0 Å². The van der Waals surface area contributed by atoms with E-state index in [1.54, 1.807) is 0 Å². The SMILES string of the molecule is CC1(C)c2ccccc2-c2c1c(N(c1ccccc1)c1ccccc1)cc1c(N(c3ccccc3)c3ccccc3)cc3ccccc3c21. The van der Waals surface area contributed by atoms with Crippen molar-refractivity contribution in [2.45, 2.75) is 19.3 Å². The minimum atomic E-state index is -0.243. The second-order valence-corrected chi connectivity index (χ2v) is 13.4. The zero-order chi connectivity index (χ0) is 33.0. The third kappa shape index (κ3) is 4.63. The normalized spacial score (nSPS) is 12.9. The van der Waals surface area contributed by atoms with Gasteiger partial charge in [0.05, 0.1) is 11.4 Å². The molecule has 0 aliphatic heterocycles. The van der Waals surface area contributed by atoms with Gasteiger partial charge in [-0.1, -0.05) is 135 Å². The van der Waals surface area contributed by atoms with Gasteiger partial charge in [-0.05, 0) is 99.1 Å². The summed E-state index contributed by atoms with van der Waals surface area (Å²) in [6.45, 7) is 4.79. The number of anilines is 6. The Balaban J connectivity index is 1.50. The molecule has 0 amide bonds. The molecule has 0 aromatic heterocycles. The maximum absolute atomic E-state index is 2.47. The Morgan fingerprint density at radius 2 is 0.857 bits per heavy atom. The molecule has 0 spiro atoms. The molecule has 8 aromatic carbocycles. The first-order valence-corrected chi connectivity index (χ1v) is 17.0. The van der Waals surface area contributed by atoms with Crippen molar-refractivity contribution in [1.82, 2.24) is 0 Å². The molecule has 0 fully saturated rings. The lowest BCUT2D eigenvalue weighted by molar-refractivity contribution is 0.661. The Kier molecular flexibility index (Phi) is 6.84. The van der Waals surface area contributed by atoms with E-state index in [0.717, 1.165) is 28.4 Å². The highest BCUT2D eigenvalue weighted by Crippen LogP contribution is 2.59. The molecule has 1 aliphatic rings. The Morgan fingerprint density at radius 3 is 1.41 bits per heavy atom. The minimum Gasteiger partial charge on any atom is -0.310 e. The molecule has 234 valence electrons. The van der Waals surface area contributed by atoms with Crippen LogP contribution in [0.3, 0.4) is 0 Å². The number of hydrogen-bond acceptors (Lipinski definition) is 2. The van der Waals surface area contributed by atoms with Crippen LogP contribution in [0.1, 0.15) is 25.0 Å². The first kappa shape index (κ1) is 29.1. The van der Waals surface area contributed by atoms with Gasteiger partial charge in [0.25, 0.3) is 0 Å². The summed E-state index contributed by atoms with van der Waals surface area (Å²) in [6.07, 6.45) is 0. The van der Waals surface area contributed by atoms with E-state index in [-0.39, 0.29) is 5.41 Å². The fourth-order valence-electron chi connectivity index (χ4n) is 8.03. The number of fused-ring (bicyclic) bond motifs is 7. The Hall–Kier alpha value is -6.12. The van der Waals surface area contributed by atoms with Gasteiger partial charge in [-0.15, -0.1) is 0 Å². The summed E-state index contributed by atoms with van der Waals surface area (Å²) in [4.78, 5) is 4.88. The lowest BCUT2D eigenvalue weighted by Gasteiger charge is -2.34. The molecule has 2 nitrogen and oxygen atoms in total. The van der Waals surface area contributed by atoms with Crippen molar-refractivity contribution in [2.75, 3.05) is 9.80 Å². The van der Waals surface area contributed by atoms with Crippen LogP contribution in [0.4, 0.5) is 34.1 Å². The van der Waals surface area contributed by atoms with Crippen molar-refractivity contribution in [2.24, 2.45) is 0 Å². The van der Waals surface area contributed by atoms with E-state index in [1.165, 1.54) is 49.5 Å². The van der Waals surface area contributed by atoms with Crippen molar-refractivity contribution >= 4 is 55.7 Å². The van der Waals surface area contributed by atoms with Crippen LogP contribution >= 0.6 is 0 Å². The molecule has 0 unspecified atom stereocenters. The van der Waals surface area contributed by atoms with Gasteiger partial charge in [-0.25, -0.2) is 0 Å². The largest absolute Gasteiger partial charge is 0.310 e. The van der Waals surface area contributed by atoms with Crippen LogP contribution in [-0.2, 0) is 5.41 Å². The molecular weight excluding hydrogens is 593 g/mol. The number of rotatable bonds is 6. The summed E-state index contributed by atoms with van der Waals surface area (Å²) < 4.78 is 0. The zero-order valence-electron chi connectivity index (χ0n) is 27.7. The standard InChI is InChI=1S/C47H36N2/c1-47(2)41-30-18-17-29-39(41)45-44-38-28-16-15-19-33(38)31-42(48(34-20-7-3-8-21-34)35-22-9-4-10-23-35)40(44)32-43(46(45)47)49(36-24-11-5-12-25-36)37-26-13-6-14-27-37/h3-32H,1-2H3. The van der Waals surface area contributed by atoms with Crippen LogP contribution in [-0.4, -0.2) is 0 Å². The van der Waals surface area contributed by atoms with Crippen molar-refractivity contribution in [1.29, 1.82) is 0 Å². The maximum atomic E-state index is 2.47. The van der Waals surface area contributed by atoms with Crippen LogP contribution in [0.2, 0.25) is 0 Å². The van der Waals surface area contributed by atoms with Crippen molar-refractivity contribution in [3.8, 4) is 11.1 Å². The molecule has 0 N–H and O–H groups in total. The van der Waals surface area contributed by atoms with Gasteiger partial charge in [0.1, 0.15) is 0 Å². The highest BCUT2D eigenvalue weighted by molar-refractivity contribution is 6.23. The van der Waals surface area contributed by atoms with E-state index in [0.29, 0.717) is 0 Å². The van der Waals surface area contributed by atoms with E-state index < -0.39 is 0 Å². The number of hydrogen-bond donors (Lipinski definition) is 0. The maximum Gasteiger partial charge on any atom is 0.0547 e. The molecule has 8 aromatic rings. The van der Waals surface area contributed by atoms with Crippen LogP contribution in [0.15, 0.2) is 182 Å². The molecule has 0 radical (unpaired) electrons. The third-order valence-electron chi connectivity index (χ3n) is 10.1. The van der Waals surface area contributed by atoms with Gasteiger partial charge in [0.2, 0.25) is 0 Å². The second kappa shape index (κ2) is 11.5. The summed E-state index contributed by atoms with van der Waals surface area (Å²) in [5, 5.41) is 5.00. The van der Waals surface area contributed by atoms with Crippen LogP contribution in [0, 0.1) is 0 Å². The van der Waals surface area contributed by atoms with E-state index in [1.807, 2.05) is 0 Å². The summed E-state index contributed by atoms with van der Waals surface area (Å²) >= 11 is 0. The van der Waals surface area contributed by atoms with Crippen molar-refractivity contribution in [3.63, 3.8) is 0 Å². The highest BCUT2D eigenvalue weighted by Gasteiger charge is 2.41. The fourth-order valence-corrected chi connectivity index (χ4v) is 8.03. The van der Waals surface area contributed by atoms with Crippen LogP contribution < -0.4 is 9.80 Å². The third-order valence-corrected chi connectivity index (χ3v) is 10.1. The van der Waals surface area contributed by atoms with E-state index in [2.05, 4.69) is 206 Å². The van der Waals surface area contributed by atoms with Gasteiger partial charge in [0.15, 0.2) is 0 Å². The Bertz CT molecular complexity index is 2370. The highest BCUT2D eigenvalue weighted by atomic mass is 15.2. The van der Waals surface area contributed by atoms with Crippen molar-refractivity contribution < 1.29 is 0 Å². The number of para-hydroxylation sites is 4. The van der Waals surface area contributed by atoms with Crippen molar-refractivity contribution in [3.05, 3.63) is 193 Å². The molecule has 0 atom stereocenters. The average molecular weight is 629 g/mol. The molecule has 0 heterocycles. The predicted octanol–water partition coefficient (Wildman–Crippen LogP) is 13.2. The first-order valence-electron chi connectivity index (χ1n) is 17.0. The topological polar surface area (TPSA) is 6.48 Å². The van der Waals surface area contributed by atoms with Crippen LogP contribution in [0.5, 0.6) is 0 Å². The molecule has 0 saturated heterocycles.